The molecule has 5 nitrogen and oxygen atoms in total. The molecule has 1 N–H and O–H groups in total. The number of anilines is 1. The maximum atomic E-state index is 12.6. The molecule has 3 rings (SSSR count). The van der Waals surface area contributed by atoms with Gasteiger partial charge in [-0.25, -0.2) is 0 Å². The molecule has 0 saturated heterocycles. The Morgan fingerprint density at radius 2 is 1.89 bits per heavy atom. The van der Waals surface area contributed by atoms with E-state index in [1.165, 1.54) is 11.8 Å². The molecule has 0 saturated carbocycles. The van der Waals surface area contributed by atoms with Gasteiger partial charge >= 0.3 is 0 Å². The van der Waals surface area contributed by atoms with Crippen molar-refractivity contribution < 1.29 is 4.79 Å². The molecule has 0 radical (unpaired) electrons. The van der Waals surface area contributed by atoms with Crippen molar-refractivity contribution in [2.24, 2.45) is 0 Å². The molecule has 0 fully saturated rings. The highest BCUT2D eigenvalue weighted by atomic mass is 35.5. The van der Waals surface area contributed by atoms with E-state index in [0.29, 0.717) is 11.6 Å². The van der Waals surface area contributed by atoms with Crippen molar-refractivity contribution in [1.29, 1.82) is 0 Å². The molecule has 0 aliphatic heterocycles. The number of carbonyl (C=O) groups excluding carboxylic acids is 1. The van der Waals surface area contributed by atoms with E-state index in [-0.39, 0.29) is 11.2 Å². The third-order valence-corrected chi connectivity index (χ3v) is 5.75. The molecule has 0 spiro atoms. The minimum atomic E-state index is -0.332. The lowest BCUT2D eigenvalue weighted by atomic mass is 10.2. The number of aromatic nitrogens is 3. The van der Waals surface area contributed by atoms with Gasteiger partial charge in [-0.15, -0.1) is 10.2 Å². The maximum absolute atomic E-state index is 12.6. The summed E-state index contributed by atoms with van der Waals surface area (Å²) in [4.78, 5) is 12.6. The molecule has 1 atom stereocenters. The number of hydrogen-bond acceptors (Lipinski definition) is 4. The van der Waals surface area contributed by atoms with E-state index in [9.17, 15) is 4.79 Å². The van der Waals surface area contributed by atoms with E-state index < -0.39 is 0 Å². The second-order valence-corrected chi connectivity index (χ2v) is 7.98. The van der Waals surface area contributed by atoms with Crippen LogP contribution in [0.25, 0.3) is 0 Å². The maximum Gasteiger partial charge on any atom is 0.237 e. The van der Waals surface area contributed by atoms with Crippen molar-refractivity contribution in [1.82, 2.24) is 14.8 Å². The summed E-state index contributed by atoms with van der Waals surface area (Å²) in [6, 6.07) is 15.6. The lowest BCUT2D eigenvalue weighted by Crippen LogP contribution is -2.23. The lowest BCUT2D eigenvalue weighted by molar-refractivity contribution is -0.115. The number of nitrogens with zero attached hydrogens (tertiary/aromatic N) is 3. The number of thioether (sulfide) groups is 1. The molecule has 1 heterocycles. The molecule has 1 amide bonds. The van der Waals surface area contributed by atoms with Crippen molar-refractivity contribution >= 4 is 35.0 Å². The zero-order valence-corrected chi connectivity index (χ0v) is 17.0. The highest BCUT2D eigenvalue weighted by Crippen LogP contribution is 2.26. The Morgan fingerprint density at radius 1 is 1.15 bits per heavy atom. The minimum absolute atomic E-state index is 0.0997. The molecule has 27 heavy (non-hydrogen) atoms. The topological polar surface area (TPSA) is 59.8 Å². The van der Waals surface area contributed by atoms with Crippen molar-refractivity contribution in [2.75, 3.05) is 5.32 Å². The standard InChI is InChI=1S/C20H21ClN4OS/c1-13-17(21)10-7-11-18(13)22-19(26)14(2)27-20-24-23-15(3)25(20)12-16-8-5-4-6-9-16/h4-11,14H,12H2,1-3H3,(H,22,26)/t14-/m1/s1. The number of benzene rings is 2. The zero-order chi connectivity index (χ0) is 19.4. The average Bonchev–Trinajstić information content (AvgIpc) is 2.99. The van der Waals surface area contributed by atoms with Gasteiger partial charge in [0, 0.05) is 10.7 Å². The van der Waals surface area contributed by atoms with Crippen LogP contribution in [0.4, 0.5) is 5.69 Å². The number of amides is 1. The van der Waals surface area contributed by atoms with Gasteiger partial charge in [0.2, 0.25) is 5.91 Å². The second-order valence-electron chi connectivity index (χ2n) is 6.26. The summed E-state index contributed by atoms with van der Waals surface area (Å²) in [6.45, 7) is 6.33. The van der Waals surface area contributed by atoms with Gasteiger partial charge in [0.25, 0.3) is 0 Å². The van der Waals surface area contributed by atoms with E-state index in [0.717, 1.165) is 27.8 Å². The molecule has 0 aliphatic rings. The smallest absolute Gasteiger partial charge is 0.237 e. The van der Waals surface area contributed by atoms with Gasteiger partial charge in [-0.2, -0.15) is 0 Å². The van der Waals surface area contributed by atoms with Crippen LogP contribution in [0.5, 0.6) is 0 Å². The van der Waals surface area contributed by atoms with Crippen LogP contribution in [0.1, 0.15) is 23.9 Å². The van der Waals surface area contributed by atoms with Gasteiger partial charge in [-0.1, -0.05) is 59.8 Å². The highest BCUT2D eigenvalue weighted by Gasteiger charge is 2.20. The number of carbonyl (C=O) groups is 1. The first-order valence-electron chi connectivity index (χ1n) is 8.62. The summed E-state index contributed by atoms with van der Waals surface area (Å²) in [5.41, 5.74) is 2.74. The molecule has 0 bridgehead atoms. The number of nitrogens with one attached hydrogen (secondary N) is 1. The molecule has 1 aromatic heterocycles. The normalized spacial score (nSPS) is 12.0. The monoisotopic (exact) mass is 400 g/mol. The summed E-state index contributed by atoms with van der Waals surface area (Å²) in [6.07, 6.45) is 0. The molecular weight excluding hydrogens is 380 g/mol. The number of aryl methyl sites for hydroxylation is 1. The minimum Gasteiger partial charge on any atom is -0.325 e. The Bertz CT molecular complexity index is 942. The van der Waals surface area contributed by atoms with Gasteiger partial charge in [0.15, 0.2) is 5.16 Å². The fourth-order valence-corrected chi connectivity index (χ4v) is 3.65. The number of halogens is 1. The van der Waals surface area contributed by atoms with Crippen LogP contribution in [0.3, 0.4) is 0 Å². The molecule has 140 valence electrons. The largest absolute Gasteiger partial charge is 0.325 e. The molecule has 7 heteroatoms. The van der Waals surface area contributed by atoms with Crippen LogP contribution in [-0.2, 0) is 11.3 Å². The van der Waals surface area contributed by atoms with Crippen LogP contribution in [0, 0.1) is 13.8 Å². The summed E-state index contributed by atoms with van der Waals surface area (Å²) in [5, 5.41) is 12.4. The van der Waals surface area contributed by atoms with Crippen molar-refractivity contribution in [3.8, 4) is 0 Å². The van der Waals surface area contributed by atoms with E-state index >= 15 is 0 Å². The second kappa shape index (κ2) is 8.59. The first kappa shape index (κ1) is 19.5. The van der Waals surface area contributed by atoms with Crippen molar-refractivity contribution in [3.05, 3.63) is 70.5 Å². The third-order valence-electron chi connectivity index (χ3n) is 4.26. The Balaban J connectivity index is 1.71. The Kier molecular flexibility index (Phi) is 6.19. The van der Waals surface area contributed by atoms with Gasteiger partial charge < -0.3 is 9.88 Å². The van der Waals surface area contributed by atoms with Crippen LogP contribution >= 0.6 is 23.4 Å². The van der Waals surface area contributed by atoms with Crippen LogP contribution < -0.4 is 5.32 Å². The fraction of sp³-hybridized carbons (Fsp3) is 0.250. The van der Waals surface area contributed by atoms with E-state index in [1.54, 1.807) is 6.07 Å². The van der Waals surface area contributed by atoms with E-state index in [1.807, 2.05) is 55.7 Å². The Labute approximate surface area is 168 Å². The highest BCUT2D eigenvalue weighted by molar-refractivity contribution is 8.00. The van der Waals surface area contributed by atoms with Gasteiger partial charge in [-0.05, 0) is 44.0 Å². The predicted molar refractivity (Wildman–Crippen MR) is 110 cm³/mol. The summed E-state index contributed by atoms with van der Waals surface area (Å²) in [5.74, 6) is 0.719. The Hall–Kier alpha value is -2.31. The fourth-order valence-electron chi connectivity index (χ4n) is 2.59. The van der Waals surface area contributed by atoms with Crippen LogP contribution in [0.2, 0.25) is 5.02 Å². The lowest BCUT2D eigenvalue weighted by Gasteiger charge is -2.15. The molecule has 2 aromatic carbocycles. The first-order valence-corrected chi connectivity index (χ1v) is 9.88. The van der Waals surface area contributed by atoms with Crippen molar-refractivity contribution in [2.45, 2.75) is 37.7 Å². The summed E-state index contributed by atoms with van der Waals surface area (Å²) < 4.78 is 2.02. The molecule has 3 aromatic rings. The molecule has 0 unspecified atom stereocenters. The van der Waals surface area contributed by atoms with E-state index in [2.05, 4.69) is 27.6 Å². The SMILES string of the molecule is Cc1c(Cl)cccc1NC(=O)[C@@H](C)Sc1nnc(C)n1Cc1ccccc1. The Morgan fingerprint density at radius 3 is 2.63 bits per heavy atom. The van der Waals surface area contributed by atoms with Crippen molar-refractivity contribution in [3.63, 3.8) is 0 Å². The third kappa shape index (κ3) is 4.70. The average molecular weight is 401 g/mol. The van der Waals surface area contributed by atoms with Crippen LogP contribution in [-0.4, -0.2) is 25.9 Å². The summed E-state index contributed by atoms with van der Waals surface area (Å²) in [7, 11) is 0. The number of hydrogen-bond donors (Lipinski definition) is 1. The van der Waals surface area contributed by atoms with Crippen LogP contribution in [0.15, 0.2) is 53.7 Å². The summed E-state index contributed by atoms with van der Waals surface area (Å²) >= 11 is 7.52. The van der Waals surface area contributed by atoms with Gasteiger partial charge in [0.1, 0.15) is 5.82 Å². The van der Waals surface area contributed by atoms with Gasteiger partial charge in [0.05, 0.1) is 11.8 Å². The predicted octanol–water partition coefficient (Wildman–Crippen LogP) is 4.72. The molecule has 0 aliphatic carbocycles. The molecular formula is C20H21ClN4OS. The van der Waals surface area contributed by atoms with Gasteiger partial charge in [-0.3, -0.25) is 4.79 Å². The number of rotatable bonds is 6. The zero-order valence-electron chi connectivity index (χ0n) is 15.4. The quantitative estimate of drug-likeness (QED) is 0.608. The van der Waals surface area contributed by atoms with E-state index in [4.69, 9.17) is 11.6 Å². The first-order chi connectivity index (χ1) is 13.0.